The molecule has 1 saturated heterocycles. The Hall–Kier alpha value is -3.36. The third kappa shape index (κ3) is 6.21. The topological polar surface area (TPSA) is 79.9 Å². The zero-order chi connectivity index (χ0) is 24.6. The standard InChI is InChI=1S/C27H31N3O4S/c1-3-33-23-17-21(29-27(32)19-10-6-5-7-11-19)24(34-4-2)16-20(23)28-26(31)18-30-14-8-12-22(30)25-13-9-15-35-25/h5-7,9-11,13,15-17,22H,3-4,8,12,14,18H2,1-2H3,(H,28,31)(H,29,32). The van der Waals surface area contributed by atoms with E-state index in [1.165, 1.54) is 4.88 Å². The number of rotatable bonds is 10. The Morgan fingerprint density at radius 2 is 1.66 bits per heavy atom. The highest BCUT2D eigenvalue weighted by atomic mass is 32.1. The molecular formula is C27H31N3O4S. The van der Waals surface area contributed by atoms with E-state index in [4.69, 9.17) is 9.47 Å². The molecule has 2 N–H and O–H groups in total. The number of nitrogens with zero attached hydrogens (tertiary/aromatic N) is 1. The fraction of sp³-hybridized carbons (Fsp3) is 0.333. The first kappa shape index (κ1) is 24.8. The monoisotopic (exact) mass is 493 g/mol. The smallest absolute Gasteiger partial charge is 0.255 e. The van der Waals surface area contributed by atoms with E-state index in [0.29, 0.717) is 48.2 Å². The fourth-order valence-electron chi connectivity index (χ4n) is 4.28. The second-order valence-corrected chi connectivity index (χ2v) is 9.20. The van der Waals surface area contributed by atoms with Crippen LogP contribution in [0.5, 0.6) is 11.5 Å². The van der Waals surface area contributed by atoms with Crippen molar-refractivity contribution < 1.29 is 19.1 Å². The first-order valence-corrected chi connectivity index (χ1v) is 12.8. The van der Waals surface area contributed by atoms with Gasteiger partial charge in [0, 0.05) is 28.6 Å². The average Bonchev–Trinajstić information content (AvgIpc) is 3.54. The number of amides is 2. The van der Waals surface area contributed by atoms with Gasteiger partial charge in [0.25, 0.3) is 5.91 Å². The number of carbonyl (C=O) groups excluding carboxylic acids is 2. The molecule has 8 heteroatoms. The Bertz CT molecular complexity index is 1130. The summed E-state index contributed by atoms with van der Waals surface area (Å²) >= 11 is 1.73. The lowest BCUT2D eigenvalue weighted by molar-refractivity contribution is -0.117. The first-order valence-electron chi connectivity index (χ1n) is 12.0. The number of thiophene rings is 1. The van der Waals surface area contributed by atoms with Gasteiger partial charge in [0.05, 0.1) is 31.1 Å². The van der Waals surface area contributed by atoms with Gasteiger partial charge < -0.3 is 20.1 Å². The lowest BCUT2D eigenvalue weighted by Gasteiger charge is -2.23. The van der Waals surface area contributed by atoms with E-state index in [-0.39, 0.29) is 17.9 Å². The number of benzene rings is 2. The molecule has 35 heavy (non-hydrogen) atoms. The molecule has 1 atom stereocenters. The second-order valence-electron chi connectivity index (χ2n) is 8.22. The normalized spacial score (nSPS) is 15.5. The van der Waals surface area contributed by atoms with E-state index < -0.39 is 0 Å². The molecule has 0 saturated carbocycles. The Balaban J connectivity index is 1.52. The van der Waals surface area contributed by atoms with Crippen LogP contribution in [0.25, 0.3) is 0 Å². The summed E-state index contributed by atoms with van der Waals surface area (Å²) in [6, 6.07) is 16.9. The zero-order valence-corrected chi connectivity index (χ0v) is 20.9. The Labute approximate surface area is 210 Å². The van der Waals surface area contributed by atoms with E-state index >= 15 is 0 Å². The van der Waals surface area contributed by atoms with Gasteiger partial charge in [0.2, 0.25) is 5.91 Å². The van der Waals surface area contributed by atoms with Crippen LogP contribution in [0.3, 0.4) is 0 Å². The summed E-state index contributed by atoms with van der Waals surface area (Å²) in [5.74, 6) is 0.578. The molecule has 2 heterocycles. The van der Waals surface area contributed by atoms with Crippen molar-refractivity contribution in [3.8, 4) is 11.5 Å². The molecule has 1 unspecified atom stereocenters. The Morgan fingerprint density at radius 3 is 2.29 bits per heavy atom. The number of ether oxygens (including phenoxy) is 2. The quantitative estimate of drug-likeness (QED) is 0.386. The summed E-state index contributed by atoms with van der Waals surface area (Å²) in [6.07, 6.45) is 2.13. The van der Waals surface area contributed by atoms with Crippen molar-refractivity contribution in [1.29, 1.82) is 0 Å². The highest BCUT2D eigenvalue weighted by Gasteiger charge is 2.28. The van der Waals surface area contributed by atoms with Crippen molar-refractivity contribution in [2.75, 3.05) is 36.9 Å². The van der Waals surface area contributed by atoms with Gasteiger partial charge in [-0.15, -0.1) is 11.3 Å². The summed E-state index contributed by atoms with van der Waals surface area (Å²) in [7, 11) is 0. The molecular weight excluding hydrogens is 462 g/mol. The van der Waals surface area contributed by atoms with Gasteiger partial charge in [-0.3, -0.25) is 14.5 Å². The van der Waals surface area contributed by atoms with Crippen molar-refractivity contribution in [3.63, 3.8) is 0 Å². The predicted molar refractivity (Wildman–Crippen MR) is 140 cm³/mol. The van der Waals surface area contributed by atoms with Crippen molar-refractivity contribution in [1.82, 2.24) is 4.90 Å². The van der Waals surface area contributed by atoms with Crippen LogP contribution in [0, 0.1) is 0 Å². The average molecular weight is 494 g/mol. The van der Waals surface area contributed by atoms with Crippen LogP contribution in [-0.2, 0) is 4.79 Å². The minimum Gasteiger partial charge on any atom is -0.492 e. The number of carbonyl (C=O) groups is 2. The molecule has 7 nitrogen and oxygen atoms in total. The van der Waals surface area contributed by atoms with Crippen LogP contribution in [-0.4, -0.2) is 43.0 Å². The zero-order valence-electron chi connectivity index (χ0n) is 20.1. The van der Waals surface area contributed by atoms with Gasteiger partial charge in [0.1, 0.15) is 11.5 Å². The molecule has 1 aliphatic rings. The third-order valence-electron chi connectivity index (χ3n) is 5.82. The minimum absolute atomic E-state index is 0.113. The van der Waals surface area contributed by atoms with Crippen molar-refractivity contribution >= 4 is 34.5 Å². The predicted octanol–water partition coefficient (Wildman–Crippen LogP) is 5.57. The number of hydrogen-bond donors (Lipinski definition) is 2. The van der Waals surface area contributed by atoms with Crippen LogP contribution in [0.4, 0.5) is 11.4 Å². The maximum absolute atomic E-state index is 13.0. The summed E-state index contributed by atoms with van der Waals surface area (Å²) in [6.45, 7) is 5.75. The molecule has 2 amide bonds. The van der Waals surface area contributed by atoms with Crippen LogP contribution in [0.15, 0.2) is 60.0 Å². The van der Waals surface area contributed by atoms with Gasteiger partial charge in [0.15, 0.2) is 0 Å². The summed E-state index contributed by atoms with van der Waals surface area (Å²) < 4.78 is 11.6. The van der Waals surface area contributed by atoms with Crippen molar-refractivity contribution in [3.05, 3.63) is 70.4 Å². The summed E-state index contributed by atoms with van der Waals surface area (Å²) in [5, 5.41) is 7.99. The number of hydrogen-bond acceptors (Lipinski definition) is 6. The van der Waals surface area contributed by atoms with Crippen LogP contribution >= 0.6 is 11.3 Å². The van der Waals surface area contributed by atoms with E-state index in [0.717, 1.165) is 19.4 Å². The van der Waals surface area contributed by atoms with E-state index in [9.17, 15) is 9.59 Å². The molecule has 1 fully saturated rings. The lowest BCUT2D eigenvalue weighted by atomic mass is 10.2. The summed E-state index contributed by atoms with van der Waals surface area (Å²) in [4.78, 5) is 29.3. The largest absolute Gasteiger partial charge is 0.492 e. The second kappa shape index (κ2) is 11.9. The van der Waals surface area contributed by atoms with Gasteiger partial charge in [-0.1, -0.05) is 24.3 Å². The first-order chi connectivity index (χ1) is 17.1. The number of anilines is 2. The maximum Gasteiger partial charge on any atom is 0.255 e. The summed E-state index contributed by atoms with van der Waals surface area (Å²) in [5.41, 5.74) is 1.54. The number of nitrogens with one attached hydrogen (secondary N) is 2. The molecule has 0 bridgehead atoms. The molecule has 1 aromatic heterocycles. The fourth-order valence-corrected chi connectivity index (χ4v) is 5.18. The molecule has 1 aliphatic heterocycles. The molecule has 184 valence electrons. The highest BCUT2D eigenvalue weighted by Crippen LogP contribution is 2.38. The van der Waals surface area contributed by atoms with Gasteiger partial charge in [-0.05, 0) is 56.8 Å². The van der Waals surface area contributed by atoms with Crippen LogP contribution < -0.4 is 20.1 Å². The molecule has 3 aromatic rings. The van der Waals surface area contributed by atoms with Crippen LogP contribution in [0.2, 0.25) is 0 Å². The van der Waals surface area contributed by atoms with E-state index in [2.05, 4.69) is 33.0 Å². The van der Waals surface area contributed by atoms with Crippen molar-refractivity contribution in [2.24, 2.45) is 0 Å². The molecule has 0 aliphatic carbocycles. The maximum atomic E-state index is 13.0. The molecule has 0 radical (unpaired) electrons. The van der Waals surface area contributed by atoms with Gasteiger partial charge in [-0.2, -0.15) is 0 Å². The lowest BCUT2D eigenvalue weighted by Crippen LogP contribution is -2.32. The minimum atomic E-state index is -0.251. The van der Waals surface area contributed by atoms with E-state index in [1.54, 1.807) is 35.6 Å². The van der Waals surface area contributed by atoms with Gasteiger partial charge in [-0.25, -0.2) is 0 Å². The number of likely N-dealkylation sites (tertiary alicyclic amines) is 1. The van der Waals surface area contributed by atoms with Crippen LogP contribution in [0.1, 0.15) is 48.0 Å². The Kier molecular flexibility index (Phi) is 8.39. The van der Waals surface area contributed by atoms with Gasteiger partial charge >= 0.3 is 0 Å². The highest BCUT2D eigenvalue weighted by molar-refractivity contribution is 7.10. The van der Waals surface area contributed by atoms with E-state index in [1.807, 2.05) is 32.0 Å². The molecule has 4 rings (SSSR count). The Morgan fingerprint density at radius 1 is 0.971 bits per heavy atom. The molecule has 2 aromatic carbocycles. The SMILES string of the molecule is CCOc1cc(NC(=O)c2ccccc2)c(OCC)cc1NC(=O)CN1CCCC1c1cccs1. The molecule has 0 spiro atoms. The third-order valence-corrected chi connectivity index (χ3v) is 6.80. The van der Waals surface area contributed by atoms with Crippen molar-refractivity contribution in [2.45, 2.75) is 32.7 Å².